The number of aromatic amines is 1. The van der Waals surface area contributed by atoms with Crippen LogP contribution in [-0.2, 0) is 10.9 Å². The van der Waals surface area contributed by atoms with Gasteiger partial charge in [0.15, 0.2) is 5.69 Å². The summed E-state index contributed by atoms with van der Waals surface area (Å²) in [5, 5.41) is 5.55. The van der Waals surface area contributed by atoms with E-state index in [1.165, 1.54) is 0 Å². The van der Waals surface area contributed by atoms with Crippen LogP contribution >= 0.6 is 0 Å². The molecule has 1 aliphatic rings. The Kier molecular flexibility index (Phi) is 1.80. The Morgan fingerprint density at radius 1 is 1.46 bits per heavy atom. The van der Waals surface area contributed by atoms with E-state index in [-0.39, 0.29) is 5.92 Å². The van der Waals surface area contributed by atoms with Crippen molar-refractivity contribution >= 4 is 0 Å². The molecule has 0 saturated carbocycles. The van der Waals surface area contributed by atoms with Crippen LogP contribution in [0.2, 0.25) is 0 Å². The van der Waals surface area contributed by atoms with Gasteiger partial charge in [-0.2, -0.15) is 18.3 Å². The monoisotopic (exact) mass is 192 g/mol. The zero-order chi connectivity index (χ0) is 9.47. The minimum absolute atomic E-state index is 0.0450. The normalized spacial score (nSPS) is 18.7. The first kappa shape index (κ1) is 8.55. The zero-order valence-electron chi connectivity index (χ0n) is 6.56. The summed E-state index contributed by atoms with van der Waals surface area (Å²) in [5.41, 5.74) is -0.368. The highest BCUT2D eigenvalue weighted by molar-refractivity contribution is 5.16. The molecule has 0 bridgehead atoms. The number of aromatic nitrogens is 2. The second-order valence-electron chi connectivity index (χ2n) is 2.94. The third kappa shape index (κ3) is 1.53. The van der Waals surface area contributed by atoms with Gasteiger partial charge in [0, 0.05) is 11.6 Å². The molecule has 0 radical (unpaired) electrons. The fourth-order valence-corrected chi connectivity index (χ4v) is 1.11. The molecule has 2 heterocycles. The lowest BCUT2D eigenvalue weighted by Crippen LogP contribution is -2.25. The van der Waals surface area contributed by atoms with Crippen molar-refractivity contribution in [3.63, 3.8) is 0 Å². The van der Waals surface area contributed by atoms with Gasteiger partial charge < -0.3 is 4.74 Å². The summed E-state index contributed by atoms with van der Waals surface area (Å²) in [6.07, 6.45) is -4.36. The standard InChI is InChI=1S/C7H7F3N2O/c8-7(9,10)6-1-5(11-12-6)4-2-13-3-4/h1,4H,2-3H2,(H,11,12). The Labute approximate surface area is 71.9 Å². The van der Waals surface area contributed by atoms with Crippen LogP contribution in [0.1, 0.15) is 17.3 Å². The summed E-state index contributed by atoms with van der Waals surface area (Å²) in [4.78, 5) is 0. The molecule has 6 heteroatoms. The van der Waals surface area contributed by atoms with Crippen molar-refractivity contribution in [3.8, 4) is 0 Å². The van der Waals surface area contributed by atoms with E-state index in [0.29, 0.717) is 18.9 Å². The number of halogens is 3. The lowest BCUT2D eigenvalue weighted by molar-refractivity contribution is -0.141. The number of nitrogens with zero attached hydrogens (tertiary/aromatic N) is 1. The van der Waals surface area contributed by atoms with Crippen LogP contribution in [-0.4, -0.2) is 23.4 Å². The van der Waals surface area contributed by atoms with Crippen molar-refractivity contribution in [3.05, 3.63) is 17.5 Å². The molecule has 0 atom stereocenters. The van der Waals surface area contributed by atoms with Crippen molar-refractivity contribution in [1.82, 2.24) is 10.2 Å². The number of nitrogens with one attached hydrogen (secondary N) is 1. The fourth-order valence-electron chi connectivity index (χ4n) is 1.11. The van der Waals surface area contributed by atoms with E-state index in [9.17, 15) is 13.2 Å². The van der Waals surface area contributed by atoms with Crippen molar-refractivity contribution in [1.29, 1.82) is 0 Å². The molecule has 0 amide bonds. The van der Waals surface area contributed by atoms with Crippen LogP contribution in [0.25, 0.3) is 0 Å². The molecule has 1 aromatic rings. The lowest BCUT2D eigenvalue weighted by atomic mass is 10.0. The third-order valence-corrected chi connectivity index (χ3v) is 1.97. The van der Waals surface area contributed by atoms with Crippen LogP contribution in [0.15, 0.2) is 6.07 Å². The second-order valence-corrected chi connectivity index (χ2v) is 2.94. The van der Waals surface area contributed by atoms with Gasteiger partial charge in [0.25, 0.3) is 0 Å². The van der Waals surface area contributed by atoms with Gasteiger partial charge in [0.1, 0.15) is 0 Å². The number of hydrogen-bond donors (Lipinski definition) is 1. The van der Waals surface area contributed by atoms with E-state index >= 15 is 0 Å². The number of H-pyrrole nitrogens is 1. The molecule has 0 unspecified atom stereocenters. The molecule has 1 N–H and O–H groups in total. The number of ether oxygens (including phenoxy) is 1. The SMILES string of the molecule is FC(F)(F)c1cc(C2COC2)[nH]n1. The topological polar surface area (TPSA) is 37.9 Å². The fraction of sp³-hybridized carbons (Fsp3) is 0.571. The minimum atomic E-state index is -4.36. The molecule has 13 heavy (non-hydrogen) atoms. The van der Waals surface area contributed by atoms with Crippen molar-refractivity contribution in [2.75, 3.05) is 13.2 Å². The molecular weight excluding hydrogens is 185 g/mol. The largest absolute Gasteiger partial charge is 0.435 e. The maximum absolute atomic E-state index is 12.1. The van der Waals surface area contributed by atoms with Crippen molar-refractivity contribution in [2.45, 2.75) is 12.1 Å². The number of alkyl halides is 3. The average Bonchev–Trinajstić information content (AvgIpc) is 2.29. The van der Waals surface area contributed by atoms with Crippen LogP contribution in [0.4, 0.5) is 13.2 Å². The molecule has 0 spiro atoms. The van der Waals surface area contributed by atoms with E-state index in [0.717, 1.165) is 6.07 Å². The van der Waals surface area contributed by atoms with Crippen LogP contribution < -0.4 is 0 Å². The quantitative estimate of drug-likeness (QED) is 0.732. The molecule has 2 rings (SSSR count). The molecule has 72 valence electrons. The summed E-state index contributed by atoms with van der Waals surface area (Å²) in [6, 6.07) is 1.03. The average molecular weight is 192 g/mol. The summed E-state index contributed by atoms with van der Waals surface area (Å²) in [7, 11) is 0. The van der Waals surface area contributed by atoms with Gasteiger partial charge >= 0.3 is 6.18 Å². The van der Waals surface area contributed by atoms with Gasteiger partial charge in [0.2, 0.25) is 0 Å². The summed E-state index contributed by atoms with van der Waals surface area (Å²) in [5.74, 6) is 0.0450. The maximum atomic E-state index is 12.1. The smallest absolute Gasteiger partial charge is 0.380 e. The van der Waals surface area contributed by atoms with Crippen molar-refractivity contribution < 1.29 is 17.9 Å². The van der Waals surface area contributed by atoms with Gasteiger partial charge in [-0.05, 0) is 6.07 Å². The Balaban J connectivity index is 2.17. The summed E-state index contributed by atoms with van der Waals surface area (Å²) >= 11 is 0. The predicted molar refractivity (Wildman–Crippen MR) is 37.1 cm³/mol. The first-order chi connectivity index (χ1) is 6.07. The van der Waals surface area contributed by atoms with E-state index in [4.69, 9.17) is 4.74 Å². The first-order valence-corrected chi connectivity index (χ1v) is 3.77. The zero-order valence-corrected chi connectivity index (χ0v) is 6.56. The predicted octanol–water partition coefficient (Wildman–Crippen LogP) is 1.54. The highest BCUT2D eigenvalue weighted by atomic mass is 19.4. The van der Waals surface area contributed by atoms with Gasteiger partial charge in [-0.1, -0.05) is 0 Å². The van der Waals surface area contributed by atoms with E-state index < -0.39 is 11.9 Å². The molecule has 1 saturated heterocycles. The third-order valence-electron chi connectivity index (χ3n) is 1.97. The van der Waals surface area contributed by atoms with Gasteiger partial charge in [-0.3, -0.25) is 5.10 Å². The molecule has 1 fully saturated rings. The number of hydrogen-bond acceptors (Lipinski definition) is 2. The van der Waals surface area contributed by atoms with Crippen LogP contribution in [0, 0.1) is 0 Å². The van der Waals surface area contributed by atoms with Gasteiger partial charge in [-0.25, -0.2) is 0 Å². The molecule has 0 aliphatic carbocycles. The van der Waals surface area contributed by atoms with Gasteiger partial charge in [0.05, 0.1) is 13.2 Å². The molecule has 0 aromatic carbocycles. The first-order valence-electron chi connectivity index (χ1n) is 3.77. The Morgan fingerprint density at radius 2 is 2.15 bits per heavy atom. The number of rotatable bonds is 1. The highest BCUT2D eigenvalue weighted by Gasteiger charge is 2.35. The Bertz CT molecular complexity index is 303. The highest BCUT2D eigenvalue weighted by Crippen LogP contribution is 2.30. The molecule has 1 aliphatic heterocycles. The molecular formula is C7H7F3N2O. The summed E-state index contributed by atoms with van der Waals surface area (Å²) < 4.78 is 41.1. The molecule has 1 aromatic heterocycles. The van der Waals surface area contributed by atoms with Crippen LogP contribution in [0.3, 0.4) is 0 Å². The molecule has 3 nitrogen and oxygen atoms in total. The van der Waals surface area contributed by atoms with E-state index in [2.05, 4.69) is 10.2 Å². The van der Waals surface area contributed by atoms with Crippen molar-refractivity contribution in [2.24, 2.45) is 0 Å². The lowest BCUT2D eigenvalue weighted by Gasteiger charge is -2.24. The maximum Gasteiger partial charge on any atom is 0.435 e. The van der Waals surface area contributed by atoms with Gasteiger partial charge in [-0.15, -0.1) is 0 Å². The second kappa shape index (κ2) is 2.73. The van der Waals surface area contributed by atoms with E-state index in [1.807, 2.05) is 0 Å². The van der Waals surface area contributed by atoms with E-state index in [1.54, 1.807) is 0 Å². The summed E-state index contributed by atoms with van der Waals surface area (Å²) in [6.45, 7) is 0.943. The Morgan fingerprint density at radius 3 is 2.54 bits per heavy atom. The van der Waals surface area contributed by atoms with Crippen LogP contribution in [0.5, 0.6) is 0 Å². The Hall–Kier alpha value is -1.04. The minimum Gasteiger partial charge on any atom is -0.380 e.